The second-order valence-corrected chi connectivity index (χ2v) is 3.97. The number of carbonyl (C=O) groups is 1. The standard InChI is InChI=1S/C11H23NO/c1-5-10(8-7-9(3)4)11(13)12-6-2/h9-10H,5-8H2,1-4H3,(H,12,13). The molecule has 0 aliphatic carbocycles. The molecule has 2 heteroatoms. The lowest BCUT2D eigenvalue weighted by Crippen LogP contribution is -2.30. The van der Waals surface area contributed by atoms with Crippen LogP contribution in [-0.4, -0.2) is 12.5 Å². The Labute approximate surface area is 82.1 Å². The van der Waals surface area contributed by atoms with Gasteiger partial charge in [0.2, 0.25) is 5.91 Å². The highest BCUT2D eigenvalue weighted by Gasteiger charge is 2.15. The molecule has 0 aliphatic rings. The van der Waals surface area contributed by atoms with Crippen LogP contribution in [0.2, 0.25) is 0 Å². The van der Waals surface area contributed by atoms with E-state index in [-0.39, 0.29) is 11.8 Å². The van der Waals surface area contributed by atoms with Crippen molar-refractivity contribution >= 4 is 5.91 Å². The minimum atomic E-state index is 0.224. The molecule has 78 valence electrons. The van der Waals surface area contributed by atoms with Gasteiger partial charge in [-0.3, -0.25) is 4.79 Å². The first kappa shape index (κ1) is 12.5. The Morgan fingerprint density at radius 1 is 1.23 bits per heavy atom. The van der Waals surface area contributed by atoms with Crippen LogP contribution in [0.15, 0.2) is 0 Å². The number of carbonyl (C=O) groups excluding carboxylic acids is 1. The topological polar surface area (TPSA) is 29.1 Å². The first-order chi connectivity index (χ1) is 6.11. The van der Waals surface area contributed by atoms with Crippen molar-refractivity contribution in [2.45, 2.75) is 47.0 Å². The zero-order valence-electron chi connectivity index (χ0n) is 9.39. The van der Waals surface area contributed by atoms with Crippen LogP contribution in [-0.2, 0) is 4.79 Å². The molecule has 0 aromatic heterocycles. The van der Waals surface area contributed by atoms with Gasteiger partial charge in [-0.2, -0.15) is 0 Å². The molecule has 0 spiro atoms. The zero-order valence-corrected chi connectivity index (χ0v) is 9.39. The van der Waals surface area contributed by atoms with Gasteiger partial charge in [0.1, 0.15) is 0 Å². The maximum atomic E-state index is 11.5. The highest BCUT2D eigenvalue weighted by molar-refractivity contribution is 5.78. The van der Waals surface area contributed by atoms with E-state index in [0.717, 1.165) is 25.8 Å². The maximum absolute atomic E-state index is 11.5. The summed E-state index contributed by atoms with van der Waals surface area (Å²) in [6, 6.07) is 0. The van der Waals surface area contributed by atoms with E-state index >= 15 is 0 Å². The van der Waals surface area contributed by atoms with E-state index in [9.17, 15) is 4.79 Å². The van der Waals surface area contributed by atoms with Crippen molar-refractivity contribution in [3.63, 3.8) is 0 Å². The summed E-state index contributed by atoms with van der Waals surface area (Å²) in [5, 5.41) is 2.88. The largest absolute Gasteiger partial charge is 0.356 e. The Bertz CT molecular complexity index is 143. The second kappa shape index (κ2) is 6.93. The van der Waals surface area contributed by atoms with Gasteiger partial charge in [0.05, 0.1) is 0 Å². The fraction of sp³-hybridized carbons (Fsp3) is 0.909. The van der Waals surface area contributed by atoms with Crippen molar-refractivity contribution in [1.29, 1.82) is 0 Å². The fourth-order valence-electron chi connectivity index (χ4n) is 1.37. The van der Waals surface area contributed by atoms with E-state index < -0.39 is 0 Å². The summed E-state index contributed by atoms with van der Waals surface area (Å²) >= 11 is 0. The summed E-state index contributed by atoms with van der Waals surface area (Å²) in [4.78, 5) is 11.5. The van der Waals surface area contributed by atoms with Gasteiger partial charge in [-0.25, -0.2) is 0 Å². The van der Waals surface area contributed by atoms with E-state index in [1.807, 2.05) is 6.92 Å². The Hall–Kier alpha value is -0.530. The minimum absolute atomic E-state index is 0.224. The van der Waals surface area contributed by atoms with Crippen LogP contribution in [0.1, 0.15) is 47.0 Å². The summed E-state index contributed by atoms with van der Waals surface area (Å²) in [5.41, 5.74) is 0. The summed E-state index contributed by atoms with van der Waals surface area (Å²) in [7, 11) is 0. The van der Waals surface area contributed by atoms with Gasteiger partial charge in [-0.15, -0.1) is 0 Å². The van der Waals surface area contributed by atoms with Gasteiger partial charge >= 0.3 is 0 Å². The smallest absolute Gasteiger partial charge is 0.223 e. The highest BCUT2D eigenvalue weighted by atomic mass is 16.1. The Morgan fingerprint density at radius 3 is 2.23 bits per heavy atom. The minimum Gasteiger partial charge on any atom is -0.356 e. The van der Waals surface area contributed by atoms with Gasteiger partial charge in [-0.05, 0) is 25.7 Å². The van der Waals surface area contributed by atoms with Crippen molar-refractivity contribution in [2.75, 3.05) is 6.54 Å². The predicted octanol–water partition coefficient (Wildman–Crippen LogP) is 2.58. The molecule has 0 rings (SSSR count). The number of rotatable bonds is 6. The van der Waals surface area contributed by atoms with Crippen LogP contribution in [0.4, 0.5) is 0 Å². The third-order valence-electron chi connectivity index (χ3n) is 2.31. The number of hydrogen-bond acceptors (Lipinski definition) is 1. The average molecular weight is 185 g/mol. The first-order valence-corrected chi connectivity index (χ1v) is 5.39. The van der Waals surface area contributed by atoms with E-state index in [1.165, 1.54) is 0 Å². The van der Waals surface area contributed by atoms with Gasteiger partial charge in [0, 0.05) is 12.5 Å². The highest BCUT2D eigenvalue weighted by Crippen LogP contribution is 2.15. The molecule has 0 saturated carbocycles. The molecule has 0 saturated heterocycles. The average Bonchev–Trinajstić information content (AvgIpc) is 2.05. The van der Waals surface area contributed by atoms with Crippen molar-refractivity contribution in [1.82, 2.24) is 5.32 Å². The molecule has 1 atom stereocenters. The Kier molecular flexibility index (Phi) is 6.65. The normalized spacial score (nSPS) is 13.0. The van der Waals surface area contributed by atoms with E-state index in [2.05, 4.69) is 26.1 Å². The van der Waals surface area contributed by atoms with Crippen LogP contribution in [0, 0.1) is 11.8 Å². The number of nitrogens with one attached hydrogen (secondary N) is 1. The lowest BCUT2D eigenvalue weighted by molar-refractivity contribution is -0.125. The molecule has 0 bridgehead atoms. The van der Waals surface area contributed by atoms with E-state index in [4.69, 9.17) is 0 Å². The summed E-state index contributed by atoms with van der Waals surface area (Å²) in [5.74, 6) is 1.15. The van der Waals surface area contributed by atoms with Gasteiger partial charge < -0.3 is 5.32 Å². The summed E-state index contributed by atoms with van der Waals surface area (Å²) in [6.07, 6.45) is 3.13. The summed E-state index contributed by atoms with van der Waals surface area (Å²) < 4.78 is 0. The van der Waals surface area contributed by atoms with Gasteiger partial charge in [0.15, 0.2) is 0 Å². The maximum Gasteiger partial charge on any atom is 0.223 e. The van der Waals surface area contributed by atoms with Crippen molar-refractivity contribution in [3.05, 3.63) is 0 Å². The third-order valence-corrected chi connectivity index (χ3v) is 2.31. The van der Waals surface area contributed by atoms with Crippen molar-refractivity contribution in [3.8, 4) is 0 Å². The van der Waals surface area contributed by atoms with Crippen LogP contribution in [0.25, 0.3) is 0 Å². The molecule has 2 nitrogen and oxygen atoms in total. The van der Waals surface area contributed by atoms with Crippen LogP contribution < -0.4 is 5.32 Å². The third kappa shape index (κ3) is 5.67. The number of hydrogen-bond donors (Lipinski definition) is 1. The molecule has 1 N–H and O–H groups in total. The van der Waals surface area contributed by atoms with Crippen molar-refractivity contribution in [2.24, 2.45) is 11.8 Å². The Balaban J connectivity index is 3.80. The molecule has 0 aromatic carbocycles. The predicted molar refractivity (Wildman–Crippen MR) is 56.5 cm³/mol. The monoisotopic (exact) mass is 185 g/mol. The Morgan fingerprint density at radius 2 is 1.85 bits per heavy atom. The molecule has 0 aliphatic heterocycles. The molecule has 0 aromatic rings. The second-order valence-electron chi connectivity index (χ2n) is 3.97. The van der Waals surface area contributed by atoms with Crippen LogP contribution in [0.5, 0.6) is 0 Å². The lowest BCUT2D eigenvalue weighted by Gasteiger charge is -2.15. The van der Waals surface area contributed by atoms with Crippen LogP contribution >= 0.6 is 0 Å². The molecule has 0 heterocycles. The molecule has 1 unspecified atom stereocenters. The van der Waals surface area contributed by atoms with Crippen LogP contribution in [0.3, 0.4) is 0 Å². The molecule has 0 fully saturated rings. The molecule has 0 radical (unpaired) electrons. The van der Waals surface area contributed by atoms with E-state index in [0.29, 0.717) is 5.92 Å². The fourth-order valence-corrected chi connectivity index (χ4v) is 1.37. The lowest BCUT2D eigenvalue weighted by atomic mass is 9.95. The van der Waals surface area contributed by atoms with Gasteiger partial charge in [-0.1, -0.05) is 27.2 Å². The number of amides is 1. The quantitative estimate of drug-likeness (QED) is 0.677. The van der Waals surface area contributed by atoms with Gasteiger partial charge in [0.25, 0.3) is 0 Å². The zero-order chi connectivity index (χ0) is 10.3. The summed E-state index contributed by atoms with van der Waals surface area (Å²) in [6.45, 7) is 9.19. The molecule has 13 heavy (non-hydrogen) atoms. The molecule has 1 amide bonds. The first-order valence-electron chi connectivity index (χ1n) is 5.39. The molecular weight excluding hydrogens is 162 g/mol. The van der Waals surface area contributed by atoms with Crippen molar-refractivity contribution < 1.29 is 4.79 Å². The van der Waals surface area contributed by atoms with E-state index in [1.54, 1.807) is 0 Å². The molecular formula is C11H23NO. The SMILES string of the molecule is CCNC(=O)C(CC)CCC(C)C.